The van der Waals surface area contributed by atoms with E-state index < -0.39 is 0 Å². The molecule has 0 radical (unpaired) electrons. The van der Waals surface area contributed by atoms with E-state index in [1.165, 1.54) is 4.90 Å². The van der Waals surface area contributed by atoms with Gasteiger partial charge in [0, 0.05) is 23.4 Å². The molecule has 0 bridgehead atoms. The number of allylic oxidation sites excluding steroid dienone is 1. The van der Waals surface area contributed by atoms with Gasteiger partial charge >= 0.3 is 0 Å². The maximum absolute atomic E-state index is 12.5. The van der Waals surface area contributed by atoms with Crippen LogP contribution >= 0.6 is 11.8 Å². The molecule has 3 rings (SSSR count). The maximum atomic E-state index is 12.5. The van der Waals surface area contributed by atoms with Crippen molar-refractivity contribution in [1.82, 2.24) is 4.90 Å². The minimum absolute atomic E-state index is 0.125. The molecule has 4 nitrogen and oxygen atoms in total. The number of hydrogen-bond acceptors (Lipinski definition) is 4. The van der Waals surface area contributed by atoms with Crippen LogP contribution < -0.4 is 9.47 Å². The molecule has 1 amide bonds. The summed E-state index contributed by atoms with van der Waals surface area (Å²) in [6.45, 7) is 5.26. The fourth-order valence-corrected chi connectivity index (χ4v) is 3.59. The third-order valence-electron chi connectivity index (χ3n) is 4.66. The molecule has 0 saturated carbocycles. The average molecular weight is 384 g/mol. The van der Waals surface area contributed by atoms with Crippen LogP contribution in [0.3, 0.4) is 0 Å². The first-order chi connectivity index (χ1) is 13.2. The summed E-state index contributed by atoms with van der Waals surface area (Å²) in [5, 5.41) is 0. The first kappa shape index (κ1) is 19.4. The zero-order chi connectivity index (χ0) is 19.2. The minimum Gasteiger partial charge on any atom is -0.493 e. The highest BCUT2D eigenvalue weighted by Crippen LogP contribution is 2.38. The number of hydrogen-bond donors (Lipinski definition) is 0. The first-order valence-electron chi connectivity index (χ1n) is 9.03. The van der Waals surface area contributed by atoms with Gasteiger partial charge in [-0.1, -0.05) is 18.2 Å². The van der Waals surface area contributed by atoms with Crippen molar-refractivity contribution in [2.45, 2.75) is 24.3 Å². The van der Waals surface area contributed by atoms with E-state index in [0.717, 1.165) is 22.4 Å². The van der Waals surface area contributed by atoms with E-state index >= 15 is 0 Å². The van der Waals surface area contributed by atoms with Crippen LogP contribution in [0.4, 0.5) is 0 Å². The quantitative estimate of drug-likeness (QED) is 0.532. The second-order valence-electron chi connectivity index (χ2n) is 6.39. The Bertz CT molecular complexity index is 817. The molecule has 2 aromatic carbocycles. The van der Waals surface area contributed by atoms with Gasteiger partial charge in [0.2, 0.25) is 5.91 Å². The van der Waals surface area contributed by atoms with E-state index in [1.54, 1.807) is 24.9 Å². The molecule has 0 saturated heterocycles. The lowest BCUT2D eigenvalue weighted by atomic mass is 10.0. The Morgan fingerprint density at radius 2 is 2.07 bits per heavy atom. The molecule has 1 aliphatic heterocycles. The van der Waals surface area contributed by atoms with E-state index in [2.05, 4.69) is 43.2 Å². The minimum atomic E-state index is 0.125. The number of rotatable bonds is 6. The van der Waals surface area contributed by atoms with Gasteiger partial charge in [0.05, 0.1) is 13.7 Å². The lowest BCUT2D eigenvalue weighted by Gasteiger charge is -2.20. The SMILES string of the molecule is C=CCCC(=O)N1CCOc2c(cc(-c3ccc(SC)cc3)cc2OC)C1. The normalized spacial score (nSPS) is 13.3. The third kappa shape index (κ3) is 4.48. The summed E-state index contributed by atoms with van der Waals surface area (Å²) in [6, 6.07) is 12.5. The van der Waals surface area contributed by atoms with Crippen LogP contribution in [0.1, 0.15) is 18.4 Å². The zero-order valence-corrected chi connectivity index (χ0v) is 16.7. The Morgan fingerprint density at radius 3 is 2.74 bits per heavy atom. The van der Waals surface area contributed by atoms with Gasteiger partial charge in [0.25, 0.3) is 0 Å². The molecule has 0 aliphatic carbocycles. The van der Waals surface area contributed by atoms with Crippen molar-refractivity contribution in [3.05, 3.63) is 54.6 Å². The summed E-state index contributed by atoms with van der Waals surface area (Å²) in [5.41, 5.74) is 3.15. The number of carbonyl (C=O) groups is 1. The maximum Gasteiger partial charge on any atom is 0.223 e. The molecule has 0 atom stereocenters. The summed E-state index contributed by atoms with van der Waals surface area (Å²) in [4.78, 5) is 15.6. The predicted octanol–water partition coefficient (Wildman–Crippen LogP) is 4.77. The molecular weight excluding hydrogens is 358 g/mol. The number of fused-ring (bicyclic) bond motifs is 1. The van der Waals surface area contributed by atoms with Crippen LogP contribution in [-0.2, 0) is 11.3 Å². The lowest BCUT2D eigenvalue weighted by molar-refractivity contribution is -0.131. The number of carbonyl (C=O) groups excluding carboxylic acids is 1. The number of ether oxygens (including phenoxy) is 2. The second-order valence-corrected chi connectivity index (χ2v) is 7.27. The Balaban J connectivity index is 1.94. The van der Waals surface area contributed by atoms with E-state index in [4.69, 9.17) is 9.47 Å². The van der Waals surface area contributed by atoms with Crippen molar-refractivity contribution >= 4 is 17.7 Å². The molecule has 0 N–H and O–H groups in total. The monoisotopic (exact) mass is 383 g/mol. The average Bonchev–Trinajstić information content (AvgIpc) is 2.93. The van der Waals surface area contributed by atoms with E-state index in [9.17, 15) is 4.79 Å². The van der Waals surface area contributed by atoms with Gasteiger partial charge in [-0.05, 0) is 48.1 Å². The van der Waals surface area contributed by atoms with Crippen molar-refractivity contribution < 1.29 is 14.3 Å². The van der Waals surface area contributed by atoms with Crippen molar-refractivity contribution in [2.24, 2.45) is 0 Å². The van der Waals surface area contributed by atoms with Gasteiger partial charge < -0.3 is 14.4 Å². The highest BCUT2D eigenvalue weighted by Gasteiger charge is 2.23. The largest absolute Gasteiger partial charge is 0.493 e. The standard InChI is InChI=1S/C22H25NO3S/c1-4-5-6-21(24)23-11-12-26-22-18(15-23)13-17(14-20(22)25-2)16-7-9-19(27-3)10-8-16/h4,7-10,13-14H,1,5-6,11-12,15H2,2-3H3. The first-order valence-corrected chi connectivity index (χ1v) is 10.3. The van der Waals surface area contributed by atoms with Gasteiger partial charge in [0.1, 0.15) is 6.61 Å². The summed E-state index contributed by atoms with van der Waals surface area (Å²) >= 11 is 1.72. The number of methoxy groups -OCH3 is 1. The summed E-state index contributed by atoms with van der Waals surface area (Å²) in [6.07, 6.45) is 5.01. The topological polar surface area (TPSA) is 38.8 Å². The fourth-order valence-electron chi connectivity index (χ4n) is 3.18. The molecule has 142 valence electrons. The number of thioether (sulfide) groups is 1. The van der Waals surface area contributed by atoms with E-state index in [1.807, 2.05) is 11.0 Å². The summed E-state index contributed by atoms with van der Waals surface area (Å²) in [7, 11) is 1.65. The van der Waals surface area contributed by atoms with Crippen molar-refractivity contribution in [1.29, 1.82) is 0 Å². The Labute approximate surface area is 165 Å². The molecule has 2 aromatic rings. The molecule has 0 spiro atoms. The van der Waals surface area contributed by atoms with Crippen LogP contribution in [0.25, 0.3) is 11.1 Å². The molecule has 5 heteroatoms. The van der Waals surface area contributed by atoms with E-state index in [0.29, 0.717) is 38.3 Å². The molecule has 0 aromatic heterocycles. The molecular formula is C22H25NO3S. The number of amides is 1. The summed E-state index contributed by atoms with van der Waals surface area (Å²) in [5.74, 6) is 1.57. The highest BCUT2D eigenvalue weighted by molar-refractivity contribution is 7.98. The summed E-state index contributed by atoms with van der Waals surface area (Å²) < 4.78 is 11.5. The van der Waals surface area contributed by atoms with Gasteiger partial charge in [-0.2, -0.15) is 0 Å². The Hall–Kier alpha value is -2.40. The number of benzene rings is 2. The van der Waals surface area contributed by atoms with Gasteiger partial charge in [0.15, 0.2) is 11.5 Å². The third-order valence-corrected chi connectivity index (χ3v) is 5.40. The van der Waals surface area contributed by atoms with Crippen LogP contribution in [0.5, 0.6) is 11.5 Å². The van der Waals surface area contributed by atoms with Gasteiger partial charge in [-0.15, -0.1) is 18.3 Å². The lowest BCUT2D eigenvalue weighted by Crippen LogP contribution is -2.32. The predicted molar refractivity (Wildman–Crippen MR) is 111 cm³/mol. The van der Waals surface area contributed by atoms with Gasteiger partial charge in [-0.3, -0.25) is 4.79 Å². The smallest absolute Gasteiger partial charge is 0.223 e. The van der Waals surface area contributed by atoms with Crippen LogP contribution in [0.2, 0.25) is 0 Å². The van der Waals surface area contributed by atoms with E-state index in [-0.39, 0.29) is 5.91 Å². The molecule has 27 heavy (non-hydrogen) atoms. The Morgan fingerprint density at radius 1 is 1.30 bits per heavy atom. The molecule has 0 fully saturated rings. The van der Waals surface area contributed by atoms with Crippen LogP contribution in [0, 0.1) is 0 Å². The highest BCUT2D eigenvalue weighted by atomic mass is 32.2. The van der Waals surface area contributed by atoms with Crippen LogP contribution in [-0.4, -0.2) is 37.3 Å². The van der Waals surface area contributed by atoms with Crippen molar-refractivity contribution in [3.8, 4) is 22.6 Å². The molecule has 1 aliphatic rings. The van der Waals surface area contributed by atoms with Crippen LogP contribution in [0.15, 0.2) is 53.9 Å². The molecule has 1 heterocycles. The fraction of sp³-hybridized carbons (Fsp3) is 0.318. The zero-order valence-electron chi connectivity index (χ0n) is 15.9. The Kier molecular flexibility index (Phi) is 6.45. The number of nitrogens with zero attached hydrogens (tertiary/aromatic N) is 1. The van der Waals surface area contributed by atoms with Crippen molar-refractivity contribution in [2.75, 3.05) is 26.5 Å². The molecule has 0 unspecified atom stereocenters. The van der Waals surface area contributed by atoms with Gasteiger partial charge in [-0.25, -0.2) is 0 Å². The second kappa shape index (κ2) is 9.00. The van der Waals surface area contributed by atoms with Crippen molar-refractivity contribution in [3.63, 3.8) is 0 Å².